The molecule has 0 amide bonds. The number of hydrogen-bond acceptors (Lipinski definition) is 2. The van der Waals surface area contributed by atoms with Crippen LogP contribution in [-0.2, 0) is 23.7 Å². The molecular formula is C32H42O2. The number of benzene rings is 3. The molecule has 2 N–H and O–H groups in total. The number of phenolic OH excluding ortho intramolecular Hbond substituents is 2. The van der Waals surface area contributed by atoms with Gasteiger partial charge in [0.05, 0.1) is 0 Å². The van der Waals surface area contributed by atoms with Crippen LogP contribution >= 0.6 is 0 Å². The molecular weight excluding hydrogens is 416 g/mol. The number of aromatic hydroxyl groups is 2. The maximum absolute atomic E-state index is 10.8. The highest BCUT2D eigenvalue weighted by molar-refractivity contribution is 5.51. The Hall–Kier alpha value is -2.74. The van der Waals surface area contributed by atoms with E-state index in [9.17, 15) is 10.2 Å². The van der Waals surface area contributed by atoms with Crippen LogP contribution in [0.4, 0.5) is 0 Å². The number of rotatable bonds is 4. The molecule has 0 saturated heterocycles. The fourth-order valence-electron chi connectivity index (χ4n) is 4.58. The molecule has 0 radical (unpaired) electrons. The van der Waals surface area contributed by atoms with Crippen LogP contribution in [0.15, 0.2) is 36.4 Å². The minimum atomic E-state index is 0.0220. The lowest BCUT2D eigenvalue weighted by Gasteiger charge is -2.23. The van der Waals surface area contributed by atoms with E-state index >= 15 is 0 Å². The van der Waals surface area contributed by atoms with Gasteiger partial charge in [-0.1, -0.05) is 77.9 Å². The molecule has 3 aromatic rings. The molecule has 2 heteroatoms. The predicted molar refractivity (Wildman–Crippen MR) is 145 cm³/mol. The van der Waals surface area contributed by atoms with Gasteiger partial charge >= 0.3 is 0 Å². The molecule has 0 aliphatic carbocycles. The Morgan fingerprint density at radius 3 is 1.15 bits per heavy atom. The first kappa shape index (κ1) is 25.9. The van der Waals surface area contributed by atoms with Crippen LogP contribution in [0.3, 0.4) is 0 Å². The Balaban J connectivity index is 2.04. The van der Waals surface area contributed by atoms with Crippen molar-refractivity contribution in [3.63, 3.8) is 0 Å². The largest absolute Gasteiger partial charge is 0.507 e. The highest BCUT2D eigenvalue weighted by atomic mass is 16.3. The van der Waals surface area contributed by atoms with Crippen LogP contribution < -0.4 is 0 Å². The van der Waals surface area contributed by atoms with E-state index in [0.29, 0.717) is 24.3 Å². The Morgan fingerprint density at radius 1 is 0.471 bits per heavy atom. The molecule has 0 unspecified atom stereocenters. The monoisotopic (exact) mass is 458 g/mol. The normalized spacial score (nSPS) is 12.3. The molecule has 3 rings (SSSR count). The van der Waals surface area contributed by atoms with Crippen LogP contribution in [0.1, 0.15) is 97.2 Å². The summed E-state index contributed by atoms with van der Waals surface area (Å²) in [5, 5.41) is 21.7. The van der Waals surface area contributed by atoms with Crippen molar-refractivity contribution in [1.29, 1.82) is 0 Å². The average molecular weight is 459 g/mol. The number of aryl methyl sites for hydroxylation is 4. The molecule has 34 heavy (non-hydrogen) atoms. The van der Waals surface area contributed by atoms with E-state index in [1.54, 1.807) is 0 Å². The highest BCUT2D eigenvalue weighted by Gasteiger charge is 2.20. The molecule has 0 spiro atoms. The van der Waals surface area contributed by atoms with Crippen molar-refractivity contribution in [3.05, 3.63) is 92.0 Å². The number of phenols is 2. The molecule has 0 aromatic heterocycles. The van der Waals surface area contributed by atoms with Crippen LogP contribution in [-0.4, -0.2) is 10.2 Å². The van der Waals surface area contributed by atoms with Gasteiger partial charge in [-0.25, -0.2) is 0 Å². The zero-order chi connectivity index (χ0) is 25.6. The Kier molecular flexibility index (Phi) is 6.95. The minimum Gasteiger partial charge on any atom is -0.507 e. The number of hydrogen-bond donors (Lipinski definition) is 2. The van der Waals surface area contributed by atoms with Gasteiger partial charge < -0.3 is 10.2 Å². The minimum absolute atomic E-state index is 0.0220. The van der Waals surface area contributed by atoms with Gasteiger partial charge in [-0.3, -0.25) is 0 Å². The first-order valence-corrected chi connectivity index (χ1v) is 12.3. The maximum Gasteiger partial charge on any atom is 0.122 e. The van der Waals surface area contributed by atoms with Crippen molar-refractivity contribution in [1.82, 2.24) is 0 Å². The summed E-state index contributed by atoms with van der Waals surface area (Å²) < 4.78 is 0. The lowest BCUT2D eigenvalue weighted by Crippen LogP contribution is -2.12. The third-order valence-electron chi connectivity index (χ3n) is 7.05. The fraction of sp³-hybridized carbons (Fsp3) is 0.438. The summed E-state index contributed by atoms with van der Waals surface area (Å²) in [7, 11) is 0. The molecule has 0 aliphatic heterocycles. The van der Waals surface area contributed by atoms with E-state index in [1.165, 1.54) is 33.4 Å². The van der Waals surface area contributed by atoms with Crippen molar-refractivity contribution in [2.24, 2.45) is 0 Å². The molecule has 0 atom stereocenters. The molecule has 3 aromatic carbocycles. The quantitative estimate of drug-likeness (QED) is 0.414. The van der Waals surface area contributed by atoms with Crippen molar-refractivity contribution in [3.8, 4) is 11.5 Å². The highest BCUT2D eigenvalue weighted by Crippen LogP contribution is 2.35. The second-order valence-electron chi connectivity index (χ2n) is 12.2. The zero-order valence-corrected chi connectivity index (χ0v) is 22.8. The predicted octanol–water partition coefficient (Wildman–Crippen LogP) is 8.11. The van der Waals surface area contributed by atoms with Gasteiger partial charge in [0.1, 0.15) is 11.5 Å². The summed E-state index contributed by atoms with van der Waals surface area (Å²) in [4.78, 5) is 0. The van der Waals surface area contributed by atoms with Crippen molar-refractivity contribution in [2.45, 2.75) is 92.9 Å². The fourth-order valence-corrected chi connectivity index (χ4v) is 4.58. The van der Waals surface area contributed by atoms with E-state index in [0.717, 1.165) is 22.3 Å². The van der Waals surface area contributed by atoms with E-state index < -0.39 is 0 Å². The van der Waals surface area contributed by atoms with Crippen LogP contribution in [0.2, 0.25) is 0 Å². The zero-order valence-electron chi connectivity index (χ0n) is 22.8. The van der Waals surface area contributed by atoms with Crippen LogP contribution in [0.25, 0.3) is 0 Å². The third kappa shape index (κ3) is 5.49. The Labute approximate surface area is 206 Å². The first-order valence-electron chi connectivity index (χ1n) is 12.3. The molecule has 0 heterocycles. The Morgan fingerprint density at radius 2 is 0.824 bits per heavy atom. The van der Waals surface area contributed by atoms with Crippen molar-refractivity contribution >= 4 is 0 Å². The molecule has 182 valence electrons. The molecule has 0 fully saturated rings. The first-order chi connectivity index (χ1) is 15.6. The smallest absolute Gasteiger partial charge is 0.122 e. The summed E-state index contributed by atoms with van der Waals surface area (Å²) in [6.07, 6.45) is 1.37. The van der Waals surface area contributed by atoms with Gasteiger partial charge in [-0.05, 0) is 94.2 Å². The van der Waals surface area contributed by atoms with Gasteiger partial charge in [0, 0.05) is 12.8 Å². The van der Waals surface area contributed by atoms with Crippen molar-refractivity contribution < 1.29 is 10.2 Å². The van der Waals surface area contributed by atoms with Gasteiger partial charge in [0.25, 0.3) is 0 Å². The summed E-state index contributed by atoms with van der Waals surface area (Å²) in [6.45, 7) is 21.5. The van der Waals surface area contributed by atoms with Crippen molar-refractivity contribution in [2.75, 3.05) is 0 Å². The molecule has 0 aliphatic rings. The second-order valence-corrected chi connectivity index (χ2v) is 12.2. The van der Waals surface area contributed by atoms with Crippen LogP contribution in [0, 0.1) is 27.7 Å². The third-order valence-corrected chi connectivity index (χ3v) is 7.05. The van der Waals surface area contributed by atoms with Gasteiger partial charge in [-0.2, -0.15) is 0 Å². The van der Waals surface area contributed by atoms with Crippen LogP contribution in [0.5, 0.6) is 11.5 Å². The van der Waals surface area contributed by atoms with Gasteiger partial charge in [0.15, 0.2) is 0 Å². The summed E-state index contributed by atoms with van der Waals surface area (Å²) in [5.41, 5.74) is 11.2. The summed E-state index contributed by atoms with van der Waals surface area (Å²) in [6, 6.07) is 13.0. The average Bonchev–Trinajstić information content (AvgIpc) is 2.70. The van der Waals surface area contributed by atoms with Gasteiger partial charge in [-0.15, -0.1) is 0 Å². The topological polar surface area (TPSA) is 40.5 Å². The Bertz CT molecular complexity index is 1120. The lowest BCUT2D eigenvalue weighted by atomic mass is 9.83. The maximum atomic E-state index is 10.8. The van der Waals surface area contributed by atoms with Gasteiger partial charge in [0.2, 0.25) is 0 Å². The molecule has 0 saturated carbocycles. The molecule has 0 bridgehead atoms. The molecule has 2 nitrogen and oxygen atoms in total. The van der Waals surface area contributed by atoms with E-state index in [1.807, 2.05) is 13.8 Å². The lowest BCUT2D eigenvalue weighted by molar-refractivity contribution is 0.463. The SMILES string of the molecule is Cc1cc(C)c(Cc2cc(C(C)(C)C)cc(C)c2O)cc1Cc1cc(C(C)(C)C)cc(C)c1O. The standard InChI is InChI=1S/C32H42O2/c1-19-11-20(2)24(16-26-18-28(32(8,9)10)13-22(4)30(26)34)14-23(19)15-25-17-27(31(5,6)7)12-21(3)29(25)33/h11-14,17-18,33-34H,15-16H2,1-10H3. The van der Waals surface area contributed by atoms with E-state index in [4.69, 9.17) is 0 Å². The van der Waals surface area contributed by atoms with E-state index in [-0.39, 0.29) is 10.8 Å². The van der Waals surface area contributed by atoms with E-state index in [2.05, 4.69) is 91.8 Å². The summed E-state index contributed by atoms with van der Waals surface area (Å²) in [5.74, 6) is 0.779. The summed E-state index contributed by atoms with van der Waals surface area (Å²) >= 11 is 0. The second kappa shape index (κ2) is 9.13.